The van der Waals surface area contributed by atoms with Crippen LogP contribution in [0.25, 0.3) is 0 Å². The maximum absolute atomic E-state index is 13.2. The molecule has 1 aromatic rings. The monoisotopic (exact) mass is 376 g/mol. The SMILES string of the molecule is CC(Oc1cccc(F)c1)C(=O)N1CCC(NC(=O)C2CCCCC2)CC1. The van der Waals surface area contributed by atoms with Crippen LogP contribution in [0.4, 0.5) is 4.39 Å². The molecule has 2 amide bonds. The van der Waals surface area contributed by atoms with Gasteiger partial charge in [0.2, 0.25) is 5.91 Å². The molecule has 1 saturated carbocycles. The average Bonchev–Trinajstić information content (AvgIpc) is 2.68. The van der Waals surface area contributed by atoms with Crippen molar-refractivity contribution < 1.29 is 18.7 Å². The van der Waals surface area contributed by atoms with Crippen LogP contribution >= 0.6 is 0 Å². The number of ether oxygens (including phenoxy) is 1. The molecule has 1 heterocycles. The van der Waals surface area contributed by atoms with Crippen molar-refractivity contribution in [3.63, 3.8) is 0 Å². The highest BCUT2D eigenvalue weighted by molar-refractivity contribution is 5.81. The van der Waals surface area contributed by atoms with E-state index in [0.717, 1.165) is 38.5 Å². The van der Waals surface area contributed by atoms with Gasteiger partial charge in [-0.05, 0) is 44.7 Å². The van der Waals surface area contributed by atoms with E-state index in [0.29, 0.717) is 18.8 Å². The summed E-state index contributed by atoms with van der Waals surface area (Å²) in [5, 5.41) is 3.17. The van der Waals surface area contributed by atoms with E-state index in [4.69, 9.17) is 4.74 Å². The number of piperidine rings is 1. The first kappa shape index (κ1) is 19.6. The van der Waals surface area contributed by atoms with E-state index in [-0.39, 0.29) is 29.6 Å². The number of nitrogens with one attached hydrogen (secondary N) is 1. The van der Waals surface area contributed by atoms with Crippen molar-refractivity contribution in [3.8, 4) is 5.75 Å². The molecular weight excluding hydrogens is 347 g/mol. The zero-order chi connectivity index (χ0) is 19.2. The zero-order valence-electron chi connectivity index (χ0n) is 16.0. The smallest absolute Gasteiger partial charge is 0.263 e. The first-order valence-corrected chi connectivity index (χ1v) is 10.0. The Morgan fingerprint density at radius 2 is 1.85 bits per heavy atom. The predicted octanol–water partition coefficient (Wildman–Crippen LogP) is 3.28. The van der Waals surface area contributed by atoms with Crippen LogP contribution in [0.2, 0.25) is 0 Å². The second kappa shape index (κ2) is 9.20. The van der Waals surface area contributed by atoms with Crippen LogP contribution in [0.1, 0.15) is 51.9 Å². The third-order valence-electron chi connectivity index (χ3n) is 5.59. The molecule has 3 rings (SSSR count). The Morgan fingerprint density at radius 3 is 2.52 bits per heavy atom. The van der Waals surface area contributed by atoms with Crippen molar-refractivity contribution in [1.82, 2.24) is 10.2 Å². The van der Waals surface area contributed by atoms with Crippen LogP contribution in [0.15, 0.2) is 24.3 Å². The number of likely N-dealkylation sites (tertiary alicyclic amines) is 1. The van der Waals surface area contributed by atoms with Gasteiger partial charge in [-0.25, -0.2) is 4.39 Å². The molecule has 1 saturated heterocycles. The van der Waals surface area contributed by atoms with Gasteiger partial charge < -0.3 is 15.0 Å². The van der Waals surface area contributed by atoms with Crippen LogP contribution < -0.4 is 10.1 Å². The summed E-state index contributed by atoms with van der Waals surface area (Å²) >= 11 is 0. The van der Waals surface area contributed by atoms with Crippen molar-refractivity contribution in [1.29, 1.82) is 0 Å². The molecule has 1 aliphatic carbocycles. The standard InChI is InChI=1S/C21H29FN2O3/c1-15(27-19-9-5-8-17(22)14-19)21(26)24-12-10-18(11-13-24)23-20(25)16-6-3-2-4-7-16/h5,8-9,14-16,18H,2-4,6-7,10-13H2,1H3,(H,23,25). The van der Waals surface area contributed by atoms with Crippen molar-refractivity contribution in [2.45, 2.75) is 64.0 Å². The molecule has 1 aromatic carbocycles. The highest BCUT2D eigenvalue weighted by atomic mass is 19.1. The molecule has 6 heteroatoms. The number of halogens is 1. The lowest BCUT2D eigenvalue weighted by Crippen LogP contribution is -2.50. The second-order valence-electron chi connectivity index (χ2n) is 7.66. The fraction of sp³-hybridized carbons (Fsp3) is 0.619. The molecule has 1 atom stereocenters. The number of carbonyl (C=O) groups is 2. The fourth-order valence-corrected chi connectivity index (χ4v) is 3.98. The summed E-state index contributed by atoms with van der Waals surface area (Å²) in [5.41, 5.74) is 0. The molecule has 0 radical (unpaired) electrons. The lowest BCUT2D eigenvalue weighted by atomic mass is 9.88. The highest BCUT2D eigenvalue weighted by Crippen LogP contribution is 2.24. The van der Waals surface area contributed by atoms with Crippen molar-refractivity contribution in [2.75, 3.05) is 13.1 Å². The number of benzene rings is 1. The van der Waals surface area contributed by atoms with E-state index < -0.39 is 6.10 Å². The fourth-order valence-electron chi connectivity index (χ4n) is 3.98. The third kappa shape index (κ3) is 5.44. The molecule has 0 bridgehead atoms. The van der Waals surface area contributed by atoms with Gasteiger partial charge >= 0.3 is 0 Å². The third-order valence-corrected chi connectivity index (χ3v) is 5.59. The normalized spacial score (nSPS) is 20.1. The minimum atomic E-state index is -0.667. The molecule has 1 aliphatic heterocycles. The molecule has 0 aromatic heterocycles. The van der Waals surface area contributed by atoms with E-state index in [1.54, 1.807) is 24.0 Å². The molecule has 1 unspecified atom stereocenters. The molecule has 27 heavy (non-hydrogen) atoms. The summed E-state index contributed by atoms with van der Waals surface area (Å²) < 4.78 is 18.8. The minimum absolute atomic E-state index is 0.101. The highest BCUT2D eigenvalue weighted by Gasteiger charge is 2.29. The first-order valence-electron chi connectivity index (χ1n) is 10.0. The first-order chi connectivity index (χ1) is 13.0. The Morgan fingerprint density at radius 1 is 1.15 bits per heavy atom. The number of carbonyl (C=O) groups excluding carboxylic acids is 2. The van der Waals surface area contributed by atoms with Crippen LogP contribution in [0.3, 0.4) is 0 Å². The quantitative estimate of drug-likeness (QED) is 0.858. The van der Waals surface area contributed by atoms with E-state index >= 15 is 0 Å². The van der Waals surface area contributed by atoms with Crippen LogP contribution in [-0.4, -0.2) is 41.9 Å². The molecule has 1 N–H and O–H groups in total. The minimum Gasteiger partial charge on any atom is -0.481 e. The van der Waals surface area contributed by atoms with E-state index in [2.05, 4.69) is 5.32 Å². The van der Waals surface area contributed by atoms with Crippen molar-refractivity contribution in [2.24, 2.45) is 5.92 Å². The average molecular weight is 376 g/mol. The van der Waals surface area contributed by atoms with Gasteiger partial charge in [0.15, 0.2) is 6.10 Å². The molecule has 2 fully saturated rings. The Hall–Kier alpha value is -2.11. The number of nitrogens with zero attached hydrogens (tertiary/aromatic N) is 1. The summed E-state index contributed by atoms with van der Waals surface area (Å²) in [7, 11) is 0. The lowest BCUT2D eigenvalue weighted by molar-refractivity contribution is -0.139. The van der Waals surface area contributed by atoms with Gasteiger partial charge in [-0.2, -0.15) is 0 Å². The van der Waals surface area contributed by atoms with Gasteiger partial charge in [0, 0.05) is 31.1 Å². The topological polar surface area (TPSA) is 58.6 Å². The number of hydrogen-bond donors (Lipinski definition) is 1. The van der Waals surface area contributed by atoms with Gasteiger partial charge in [0.1, 0.15) is 11.6 Å². The Labute approximate surface area is 160 Å². The number of hydrogen-bond acceptors (Lipinski definition) is 3. The number of amides is 2. The van der Waals surface area contributed by atoms with Crippen LogP contribution in [-0.2, 0) is 9.59 Å². The van der Waals surface area contributed by atoms with E-state index in [1.165, 1.54) is 18.6 Å². The van der Waals surface area contributed by atoms with Crippen molar-refractivity contribution >= 4 is 11.8 Å². The summed E-state index contributed by atoms with van der Waals surface area (Å²) in [6.07, 6.45) is 6.38. The van der Waals surface area contributed by atoms with E-state index in [1.807, 2.05) is 0 Å². The van der Waals surface area contributed by atoms with Gasteiger partial charge in [-0.15, -0.1) is 0 Å². The summed E-state index contributed by atoms with van der Waals surface area (Å²) in [6.45, 7) is 2.89. The summed E-state index contributed by atoms with van der Waals surface area (Å²) in [6, 6.07) is 5.95. The van der Waals surface area contributed by atoms with E-state index in [9.17, 15) is 14.0 Å². The zero-order valence-corrected chi connectivity index (χ0v) is 16.0. The Kier molecular flexibility index (Phi) is 6.69. The molecule has 5 nitrogen and oxygen atoms in total. The molecule has 148 valence electrons. The largest absolute Gasteiger partial charge is 0.481 e. The second-order valence-corrected chi connectivity index (χ2v) is 7.66. The van der Waals surface area contributed by atoms with Crippen LogP contribution in [0, 0.1) is 11.7 Å². The number of rotatable bonds is 5. The Bertz CT molecular complexity index is 653. The van der Waals surface area contributed by atoms with Gasteiger partial charge in [-0.1, -0.05) is 25.3 Å². The summed E-state index contributed by atoms with van der Waals surface area (Å²) in [5.74, 6) is 0.212. The van der Waals surface area contributed by atoms with Gasteiger partial charge in [-0.3, -0.25) is 9.59 Å². The van der Waals surface area contributed by atoms with Crippen molar-refractivity contribution in [3.05, 3.63) is 30.1 Å². The molecule has 0 spiro atoms. The predicted molar refractivity (Wildman–Crippen MR) is 101 cm³/mol. The van der Waals surface area contributed by atoms with Gasteiger partial charge in [0.05, 0.1) is 0 Å². The van der Waals surface area contributed by atoms with Crippen LogP contribution in [0.5, 0.6) is 5.75 Å². The maximum atomic E-state index is 13.2. The molecular formula is C21H29FN2O3. The maximum Gasteiger partial charge on any atom is 0.263 e. The molecule has 2 aliphatic rings. The Balaban J connectivity index is 1.43. The lowest BCUT2D eigenvalue weighted by Gasteiger charge is -2.34. The summed E-state index contributed by atoms with van der Waals surface area (Å²) in [4.78, 5) is 26.7. The van der Waals surface area contributed by atoms with Gasteiger partial charge in [0.25, 0.3) is 5.91 Å².